The summed E-state index contributed by atoms with van der Waals surface area (Å²) >= 11 is -0.234. The van der Waals surface area contributed by atoms with Gasteiger partial charge in [-0.05, 0) is 73.0 Å². The van der Waals surface area contributed by atoms with Gasteiger partial charge >= 0.3 is 11.5 Å². The van der Waals surface area contributed by atoms with Gasteiger partial charge in [0.15, 0.2) is 0 Å². The molecular weight excluding hydrogens is 439 g/mol. The smallest absolute Gasteiger partial charge is 0.305 e. The van der Waals surface area contributed by atoms with Crippen LogP contribution in [-0.2, 0) is 11.3 Å². The number of halogens is 3. The van der Waals surface area contributed by atoms with Crippen LogP contribution in [0.5, 0.6) is 0 Å². The van der Waals surface area contributed by atoms with E-state index in [1.54, 1.807) is 11.1 Å². The molecule has 1 aliphatic carbocycles. The number of hydrogen-bond acceptors (Lipinski definition) is 4. The summed E-state index contributed by atoms with van der Waals surface area (Å²) in [5.74, 6) is -0.326. The largest absolute Gasteiger partial charge is 0.446 e. The monoisotopic (exact) mass is 457 g/mol. The molecule has 3 aromatic rings. The lowest BCUT2D eigenvalue weighted by Gasteiger charge is -2.22. The van der Waals surface area contributed by atoms with Gasteiger partial charge in [-0.25, -0.2) is 9.69 Å². The van der Waals surface area contributed by atoms with Crippen molar-refractivity contribution >= 4 is 40.3 Å². The zero-order valence-electron chi connectivity index (χ0n) is 17.0. The highest BCUT2D eigenvalue weighted by molar-refractivity contribution is 8.00. The molecule has 1 spiro atoms. The number of anilines is 1. The molecule has 5 nitrogen and oxygen atoms in total. The van der Waals surface area contributed by atoms with E-state index in [4.69, 9.17) is 0 Å². The van der Waals surface area contributed by atoms with Gasteiger partial charge in [-0.2, -0.15) is 13.2 Å². The highest BCUT2D eigenvalue weighted by Crippen LogP contribution is 2.50. The Morgan fingerprint density at radius 3 is 2.44 bits per heavy atom. The Hall–Kier alpha value is -3.07. The molecule has 0 atom stereocenters. The molecule has 0 bridgehead atoms. The van der Waals surface area contributed by atoms with E-state index in [0.717, 1.165) is 26.9 Å². The van der Waals surface area contributed by atoms with E-state index in [1.165, 1.54) is 24.3 Å². The minimum Gasteiger partial charge on any atom is -0.305 e. The van der Waals surface area contributed by atoms with Gasteiger partial charge in [0.2, 0.25) is 0 Å². The van der Waals surface area contributed by atoms with E-state index < -0.39 is 17.1 Å². The lowest BCUT2D eigenvalue weighted by molar-refractivity contribution is -0.120. The van der Waals surface area contributed by atoms with E-state index >= 15 is 0 Å². The molecule has 0 N–H and O–H groups in total. The minimum absolute atomic E-state index is 0.00281. The van der Waals surface area contributed by atoms with Crippen molar-refractivity contribution in [1.82, 2.24) is 9.88 Å². The van der Waals surface area contributed by atoms with Gasteiger partial charge in [0.05, 0.1) is 11.2 Å². The number of benzene rings is 2. The average molecular weight is 457 g/mol. The maximum absolute atomic E-state index is 13.3. The van der Waals surface area contributed by atoms with Crippen molar-refractivity contribution in [3.63, 3.8) is 0 Å². The number of rotatable bonds is 4. The number of fused-ring (bicyclic) bond motifs is 1. The number of aryl methyl sites for hydroxylation is 1. The number of carbonyl (C=O) groups is 2. The lowest BCUT2D eigenvalue weighted by atomic mass is 10.0. The molecule has 9 heteroatoms. The maximum Gasteiger partial charge on any atom is 0.446 e. The molecule has 2 fully saturated rings. The number of aromatic nitrogens is 1. The number of para-hydroxylation sites is 1. The number of alkyl halides is 3. The molecule has 1 aliphatic heterocycles. The first kappa shape index (κ1) is 20.8. The average Bonchev–Trinajstić information content (AvgIpc) is 3.51. The zero-order chi connectivity index (χ0) is 22.7. The summed E-state index contributed by atoms with van der Waals surface area (Å²) in [7, 11) is 0. The second-order valence-electron chi connectivity index (χ2n) is 8.02. The number of carbonyl (C=O) groups excluding carboxylic acids is 2. The van der Waals surface area contributed by atoms with Crippen LogP contribution in [0.25, 0.3) is 10.9 Å². The molecule has 0 radical (unpaired) electrons. The van der Waals surface area contributed by atoms with Gasteiger partial charge in [-0.15, -0.1) is 0 Å². The molecule has 0 unspecified atom stereocenters. The van der Waals surface area contributed by atoms with Gasteiger partial charge < -0.3 is 4.90 Å². The first-order chi connectivity index (χ1) is 15.2. The van der Waals surface area contributed by atoms with Crippen molar-refractivity contribution in [3.8, 4) is 0 Å². The first-order valence-corrected chi connectivity index (χ1v) is 10.9. The van der Waals surface area contributed by atoms with Crippen molar-refractivity contribution in [2.45, 2.75) is 42.3 Å². The Morgan fingerprint density at radius 1 is 1.06 bits per heavy atom. The Kier molecular flexibility index (Phi) is 4.70. The molecular formula is C23H18F3N3O2S. The first-order valence-electron chi connectivity index (χ1n) is 10.0. The molecule has 1 aromatic heterocycles. The number of pyridine rings is 1. The Labute approximate surface area is 186 Å². The second kappa shape index (κ2) is 7.23. The summed E-state index contributed by atoms with van der Waals surface area (Å²) in [6, 6.07) is 12.5. The third-order valence-corrected chi connectivity index (χ3v) is 6.72. The van der Waals surface area contributed by atoms with Gasteiger partial charge in [-0.1, -0.05) is 18.2 Å². The summed E-state index contributed by atoms with van der Waals surface area (Å²) in [5, 5.41) is 0.926. The van der Waals surface area contributed by atoms with Crippen LogP contribution in [0.15, 0.2) is 59.6 Å². The van der Waals surface area contributed by atoms with Crippen LogP contribution in [0.1, 0.15) is 24.0 Å². The molecule has 2 aromatic carbocycles. The van der Waals surface area contributed by atoms with E-state index in [2.05, 4.69) is 4.98 Å². The predicted molar refractivity (Wildman–Crippen MR) is 115 cm³/mol. The molecule has 2 heterocycles. The van der Waals surface area contributed by atoms with Crippen LogP contribution in [0.3, 0.4) is 0 Å². The summed E-state index contributed by atoms with van der Waals surface area (Å²) in [6.45, 7) is 2.22. The van der Waals surface area contributed by atoms with Crippen molar-refractivity contribution in [3.05, 3.63) is 65.9 Å². The van der Waals surface area contributed by atoms with Crippen LogP contribution in [0.2, 0.25) is 0 Å². The van der Waals surface area contributed by atoms with E-state index in [9.17, 15) is 22.8 Å². The van der Waals surface area contributed by atoms with Crippen molar-refractivity contribution < 1.29 is 22.8 Å². The topological polar surface area (TPSA) is 53.5 Å². The third kappa shape index (κ3) is 3.40. The molecule has 2 aliphatic rings. The van der Waals surface area contributed by atoms with Crippen LogP contribution < -0.4 is 4.90 Å². The van der Waals surface area contributed by atoms with Crippen LogP contribution in [0, 0.1) is 6.92 Å². The van der Waals surface area contributed by atoms with Crippen molar-refractivity contribution in [1.29, 1.82) is 0 Å². The predicted octanol–water partition coefficient (Wildman–Crippen LogP) is 5.66. The van der Waals surface area contributed by atoms with Gasteiger partial charge in [0.1, 0.15) is 5.54 Å². The van der Waals surface area contributed by atoms with Crippen LogP contribution in [0.4, 0.5) is 23.7 Å². The van der Waals surface area contributed by atoms with E-state index in [0.29, 0.717) is 12.8 Å². The van der Waals surface area contributed by atoms with Gasteiger partial charge in [0, 0.05) is 23.0 Å². The highest BCUT2D eigenvalue weighted by atomic mass is 32.2. The molecule has 3 amide bonds. The molecule has 32 heavy (non-hydrogen) atoms. The fraction of sp³-hybridized carbons (Fsp3) is 0.261. The minimum atomic E-state index is -4.40. The Bertz CT molecular complexity index is 1240. The highest BCUT2D eigenvalue weighted by Gasteiger charge is 2.65. The maximum atomic E-state index is 13.3. The number of amides is 3. The third-order valence-electron chi connectivity index (χ3n) is 5.98. The molecule has 164 valence electrons. The van der Waals surface area contributed by atoms with Gasteiger partial charge in [0.25, 0.3) is 5.91 Å². The molecule has 1 saturated heterocycles. The molecule has 5 rings (SSSR count). The van der Waals surface area contributed by atoms with Crippen molar-refractivity contribution in [2.75, 3.05) is 4.90 Å². The normalized spacial score (nSPS) is 17.6. The van der Waals surface area contributed by atoms with Gasteiger partial charge in [-0.3, -0.25) is 9.78 Å². The quantitative estimate of drug-likeness (QED) is 0.375. The zero-order valence-corrected chi connectivity index (χ0v) is 17.8. The summed E-state index contributed by atoms with van der Waals surface area (Å²) in [6.07, 6.45) is 2.83. The number of imide groups is 1. The SMILES string of the molecule is Cc1cccc2c(CN3C(=O)N(c4ccc(SC(F)(F)F)cc4)C(=O)C34CC4)ccnc12. The van der Waals surface area contributed by atoms with E-state index in [1.807, 2.05) is 31.2 Å². The van der Waals surface area contributed by atoms with Crippen molar-refractivity contribution in [2.24, 2.45) is 0 Å². The fourth-order valence-electron chi connectivity index (χ4n) is 4.25. The number of nitrogens with zero attached hydrogens (tertiary/aromatic N) is 3. The second-order valence-corrected chi connectivity index (χ2v) is 9.16. The number of urea groups is 1. The Morgan fingerprint density at radius 2 is 1.78 bits per heavy atom. The molecule has 1 saturated carbocycles. The lowest BCUT2D eigenvalue weighted by Crippen LogP contribution is -2.36. The Balaban J connectivity index is 1.46. The van der Waals surface area contributed by atoms with E-state index in [-0.39, 0.29) is 34.8 Å². The van der Waals surface area contributed by atoms with Crippen LogP contribution >= 0.6 is 11.8 Å². The van der Waals surface area contributed by atoms with Crippen LogP contribution in [-0.4, -0.2) is 32.9 Å². The summed E-state index contributed by atoms with van der Waals surface area (Å²) in [5.41, 5.74) is -2.24. The number of hydrogen-bond donors (Lipinski definition) is 0. The number of thioether (sulfide) groups is 1. The summed E-state index contributed by atoms with van der Waals surface area (Å²) < 4.78 is 37.8. The summed E-state index contributed by atoms with van der Waals surface area (Å²) in [4.78, 5) is 33.6. The fourth-order valence-corrected chi connectivity index (χ4v) is 4.79. The standard InChI is InChI=1S/C23H18F3N3O2S/c1-14-3-2-4-18-15(9-12-27-19(14)18)13-28-21(31)29(20(30)22(28)10-11-22)16-5-7-17(8-6-16)32-23(24,25)26/h2-9,12H,10-11,13H2,1H3.